The van der Waals surface area contributed by atoms with Gasteiger partial charge in [-0.1, -0.05) is 48.9 Å². The number of hydrogen-bond donors (Lipinski definition) is 1. The third-order valence-corrected chi connectivity index (χ3v) is 8.03. The Morgan fingerprint density at radius 2 is 1.69 bits per heavy atom. The predicted molar refractivity (Wildman–Crippen MR) is 149 cm³/mol. The number of nitrogens with zero attached hydrogens (tertiary/aromatic N) is 2. The van der Waals surface area contributed by atoms with Crippen molar-refractivity contribution in [2.45, 2.75) is 37.8 Å². The van der Waals surface area contributed by atoms with Crippen LogP contribution >= 0.6 is 11.6 Å². The lowest BCUT2D eigenvalue weighted by Gasteiger charge is -2.33. The van der Waals surface area contributed by atoms with Crippen molar-refractivity contribution in [2.75, 3.05) is 24.5 Å². The fourth-order valence-electron chi connectivity index (χ4n) is 4.09. The molecule has 1 N–H and O–H groups in total. The van der Waals surface area contributed by atoms with E-state index >= 15 is 0 Å². The van der Waals surface area contributed by atoms with Crippen LogP contribution < -0.4 is 14.4 Å². The number of ether oxygens (including phenoxy) is 1. The van der Waals surface area contributed by atoms with E-state index in [1.54, 1.807) is 38.1 Å². The summed E-state index contributed by atoms with van der Waals surface area (Å²) in [5.41, 5.74) is 0.639. The van der Waals surface area contributed by atoms with Gasteiger partial charge in [-0.15, -0.1) is 0 Å². The van der Waals surface area contributed by atoms with Crippen LogP contribution in [0.2, 0.25) is 5.02 Å². The van der Waals surface area contributed by atoms with Crippen molar-refractivity contribution in [3.05, 3.63) is 89.2 Å². The molecule has 3 rings (SSSR count). The minimum absolute atomic E-state index is 0.0410. The number of carbonyl (C=O) groups excluding carboxylic acids is 2. The standard InChI is InChI=1S/C28H31ClFN3O5S/c1-4-24(28(35)31-5-2)32(18-20-11-14-22(30)15-12-20)27(34)19-33(25-17-21(29)13-16-26(25)38-3)39(36,37)23-9-7-6-8-10-23/h6-17,24H,4-5,18-19H2,1-3H3,(H,31,35)/t24-/m0/s1. The largest absolute Gasteiger partial charge is 0.495 e. The normalized spacial score (nSPS) is 11.9. The van der Waals surface area contributed by atoms with Crippen LogP contribution in [0, 0.1) is 5.82 Å². The summed E-state index contributed by atoms with van der Waals surface area (Å²) >= 11 is 6.23. The topological polar surface area (TPSA) is 96.0 Å². The zero-order chi connectivity index (χ0) is 28.6. The van der Waals surface area contributed by atoms with Crippen molar-refractivity contribution in [2.24, 2.45) is 0 Å². The number of carbonyl (C=O) groups is 2. The van der Waals surface area contributed by atoms with E-state index in [-0.39, 0.29) is 40.2 Å². The molecule has 2 amide bonds. The third-order valence-electron chi connectivity index (χ3n) is 6.02. The van der Waals surface area contributed by atoms with Crippen molar-refractivity contribution in [3.8, 4) is 5.75 Å². The number of hydrogen-bond acceptors (Lipinski definition) is 5. The first-order chi connectivity index (χ1) is 18.6. The molecule has 0 aliphatic carbocycles. The summed E-state index contributed by atoms with van der Waals surface area (Å²) in [7, 11) is -2.90. The molecule has 0 aliphatic rings. The molecule has 0 spiro atoms. The second-order valence-corrected chi connectivity index (χ2v) is 10.9. The lowest BCUT2D eigenvalue weighted by molar-refractivity contribution is -0.140. The first kappa shape index (κ1) is 29.9. The van der Waals surface area contributed by atoms with E-state index in [9.17, 15) is 22.4 Å². The molecule has 0 saturated heterocycles. The van der Waals surface area contributed by atoms with E-state index < -0.39 is 34.3 Å². The Balaban J connectivity index is 2.11. The van der Waals surface area contributed by atoms with Crippen LogP contribution in [-0.2, 0) is 26.2 Å². The molecule has 3 aromatic rings. The number of benzene rings is 3. The van der Waals surface area contributed by atoms with Gasteiger partial charge in [0.2, 0.25) is 11.8 Å². The maximum absolute atomic E-state index is 14.0. The molecule has 0 fully saturated rings. The van der Waals surface area contributed by atoms with E-state index in [4.69, 9.17) is 16.3 Å². The molecule has 11 heteroatoms. The molecule has 0 bridgehead atoms. The minimum Gasteiger partial charge on any atom is -0.495 e. The van der Waals surface area contributed by atoms with Crippen LogP contribution in [0.15, 0.2) is 77.7 Å². The van der Waals surface area contributed by atoms with Gasteiger partial charge in [-0.25, -0.2) is 12.8 Å². The molecule has 0 saturated carbocycles. The van der Waals surface area contributed by atoms with Gasteiger partial charge in [0.1, 0.15) is 24.2 Å². The Morgan fingerprint density at radius 3 is 2.28 bits per heavy atom. The number of anilines is 1. The Morgan fingerprint density at radius 1 is 1.03 bits per heavy atom. The summed E-state index contributed by atoms with van der Waals surface area (Å²) in [6.45, 7) is 3.17. The molecule has 0 aliphatic heterocycles. The molecule has 8 nitrogen and oxygen atoms in total. The predicted octanol–water partition coefficient (Wildman–Crippen LogP) is 4.63. The van der Waals surface area contributed by atoms with Gasteiger partial charge in [0.05, 0.1) is 17.7 Å². The molecule has 0 radical (unpaired) electrons. The number of rotatable bonds is 12. The second kappa shape index (κ2) is 13.4. The molecular weight excluding hydrogens is 545 g/mol. The molecule has 39 heavy (non-hydrogen) atoms. The third kappa shape index (κ3) is 7.27. The Hall–Kier alpha value is -3.63. The van der Waals surface area contributed by atoms with Crippen LogP contribution in [0.3, 0.4) is 0 Å². The van der Waals surface area contributed by atoms with E-state index in [0.29, 0.717) is 12.1 Å². The zero-order valence-corrected chi connectivity index (χ0v) is 23.5. The van der Waals surface area contributed by atoms with Crippen molar-refractivity contribution in [1.29, 1.82) is 0 Å². The first-order valence-electron chi connectivity index (χ1n) is 12.3. The highest BCUT2D eigenvalue weighted by atomic mass is 35.5. The number of amides is 2. The molecule has 0 unspecified atom stereocenters. The van der Waals surface area contributed by atoms with Gasteiger partial charge >= 0.3 is 0 Å². The van der Waals surface area contributed by atoms with Crippen LogP contribution in [-0.4, -0.2) is 51.4 Å². The SMILES string of the molecule is CCNC(=O)[C@H](CC)N(Cc1ccc(F)cc1)C(=O)CN(c1cc(Cl)ccc1OC)S(=O)(=O)c1ccccc1. The summed E-state index contributed by atoms with van der Waals surface area (Å²) in [5.74, 6) is -1.28. The highest BCUT2D eigenvalue weighted by Crippen LogP contribution is 2.35. The van der Waals surface area contributed by atoms with Crippen LogP contribution in [0.4, 0.5) is 10.1 Å². The Kier molecular flexibility index (Phi) is 10.3. The summed E-state index contributed by atoms with van der Waals surface area (Å²) in [6, 6.07) is 16.8. The highest BCUT2D eigenvalue weighted by molar-refractivity contribution is 7.92. The van der Waals surface area contributed by atoms with Gasteiger partial charge in [0.15, 0.2) is 0 Å². The number of sulfonamides is 1. The molecule has 3 aromatic carbocycles. The average molecular weight is 576 g/mol. The maximum Gasteiger partial charge on any atom is 0.264 e. The van der Waals surface area contributed by atoms with Gasteiger partial charge in [-0.2, -0.15) is 0 Å². The number of likely N-dealkylation sites (N-methyl/N-ethyl adjacent to an activating group) is 1. The van der Waals surface area contributed by atoms with Crippen molar-refractivity contribution in [1.82, 2.24) is 10.2 Å². The maximum atomic E-state index is 14.0. The molecular formula is C28H31ClFN3O5S. The summed E-state index contributed by atoms with van der Waals surface area (Å²) in [6.07, 6.45) is 0.269. The second-order valence-electron chi connectivity index (χ2n) is 8.61. The Bertz CT molecular complexity index is 1390. The van der Waals surface area contributed by atoms with Crippen LogP contribution in [0.1, 0.15) is 25.8 Å². The van der Waals surface area contributed by atoms with E-state index in [2.05, 4.69) is 5.32 Å². The number of halogens is 2. The minimum atomic E-state index is -4.28. The van der Waals surface area contributed by atoms with Gasteiger partial charge in [-0.3, -0.25) is 13.9 Å². The average Bonchev–Trinajstić information content (AvgIpc) is 2.93. The van der Waals surface area contributed by atoms with Gasteiger partial charge in [0.25, 0.3) is 10.0 Å². The van der Waals surface area contributed by atoms with Gasteiger partial charge in [0, 0.05) is 18.1 Å². The van der Waals surface area contributed by atoms with Crippen molar-refractivity contribution >= 4 is 39.1 Å². The summed E-state index contributed by atoms with van der Waals surface area (Å²) in [5, 5.41) is 2.97. The van der Waals surface area contributed by atoms with E-state index in [1.165, 1.54) is 60.5 Å². The van der Waals surface area contributed by atoms with E-state index in [0.717, 1.165) is 4.31 Å². The van der Waals surface area contributed by atoms with Crippen LogP contribution in [0.25, 0.3) is 0 Å². The zero-order valence-electron chi connectivity index (χ0n) is 21.9. The summed E-state index contributed by atoms with van der Waals surface area (Å²) < 4.78 is 47.6. The highest BCUT2D eigenvalue weighted by Gasteiger charge is 2.34. The summed E-state index contributed by atoms with van der Waals surface area (Å²) in [4.78, 5) is 28.2. The van der Waals surface area contributed by atoms with Gasteiger partial charge < -0.3 is 15.0 Å². The molecule has 1 atom stereocenters. The van der Waals surface area contributed by atoms with E-state index in [1.807, 2.05) is 0 Å². The lowest BCUT2D eigenvalue weighted by Crippen LogP contribution is -2.52. The molecule has 0 aromatic heterocycles. The smallest absolute Gasteiger partial charge is 0.264 e. The van der Waals surface area contributed by atoms with Crippen molar-refractivity contribution < 1.29 is 27.1 Å². The fourth-order valence-corrected chi connectivity index (χ4v) is 5.69. The van der Waals surface area contributed by atoms with Crippen LogP contribution in [0.5, 0.6) is 5.75 Å². The van der Waals surface area contributed by atoms with Gasteiger partial charge in [-0.05, 0) is 61.4 Å². The quantitative estimate of drug-likeness (QED) is 0.340. The van der Waals surface area contributed by atoms with Crippen molar-refractivity contribution in [3.63, 3.8) is 0 Å². The number of methoxy groups -OCH3 is 1. The number of nitrogens with one attached hydrogen (secondary N) is 1. The first-order valence-corrected chi connectivity index (χ1v) is 14.2. The lowest BCUT2D eigenvalue weighted by atomic mass is 10.1. The molecule has 208 valence electrons. The Labute approximate surface area is 233 Å². The molecule has 0 heterocycles. The monoisotopic (exact) mass is 575 g/mol. The fraction of sp³-hybridized carbons (Fsp3) is 0.286.